The normalized spacial score (nSPS) is 12.1. The summed E-state index contributed by atoms with van der Waals surface area (Å²) in [6, 6.07) is 15.0. The molecular formula is C14H16N2OS. The van der Waals surface area contributed by atoms with Gasteiger partial charge in [0.15, 0.2) is 0 Å². The highest BCUT2D eigenvalue weighted by Gasteiger charge is 2.03. The van der Waals surface area contributed by atoms with Crippen LogP contribution in [0.5, 0.6) is 0 Å². The van der Waals surface area contributed by atoms with E-state index in [1.165, 1.54) is 5.56 Å². The number of nitrogens with one attached hydrogen (secondary N) is 1. The minimum absolute atomic E-state index is 0.669. The van der Waals surface area contributed by atoms with Crippen LogP contribution in [0.2, 0.25) is 0 Å². The van der Waals surface area contributed by atoms with Gasteiger partial charge >= 0.3 is 0 Å². The van der Waals surface area contributed by atoms with Crippen LogP contribution in [0, 0.1) is 0 Å². The lowest BCUT2D eigenvalue weighted by atomic mass is 10.2. The Kier molecular flexibility index (Phi) is 3.99. The first-order chi connectivity index (χ1) is 8.69. The van der Waals surface area contributed by atoms with Crippen LogP contribution in [-0.2, 0) is 17.4 Å². The van der Waals surface area contributed by atoms with Crippen LogP contribution in [0.25, 0.3) is 0 Å². The highest BCUT2D eigenvalue weighted by molar-refractivity contribution is 7.86. The zero-order valence-corrected chi connectivity index (χ0v) is 11.0. The third kappa shape index (κ3) is 3.11. The number of aryl methyl sites for hydroxylation is 1. The Morgan fingerprint density at radius 1 is 1.06 bits per heavy atom. The molecule has 1 unspecified atom stereocenters. The molecule has 1 atom stereocenters. The maximum absolute atomic E-state index is 12.0. The van der Waals surface area contributed by atoms with Gasteiger partial charge in [-0.3, -0.25) is 0 Å². The lowest BCUT2D eigenvalue weighted by Gasteiger charge is -2.07. The molecule has 18 heavy (non-hydrogen) atoms. The van der Waals surface area contributed by atoms with Crippen LogP contribution < -0.4 is 10.5 Å². The van der Waals surface area contributed by atoms with Gasteiger partial charge in [0.05, 0.1) is 4.90 Å². The molecule has 94 valence electrons. The van der Waals surface area contributed by atoms with E-state index < -0.39 is 11.0 Å². The van der Waals surface area contributed by atoms with E-state index in [9.17, 15) is 4.21 Å². The van der Waals surface area contributed by atoms with Crippen molar-refractivity contribution in [1.82, 2.24) is 0 Å². The van der Waals surface area contributed by atoms with Crippen molar-refractivity contribution < 1.29 is 4.21 Å². The van der Waals surface area contributed by atoms with Crippen molar-refractivity contribution >= 4 is 22.4 Å². The van der Waals surface area contributed by atoms with E-state index in [1.54, 1.807) is 24.3 Å². The van der Waals surface area contributed by atoms with Crippen molar-refractivity contribution in [3.8, 4) is 0 Å². The lowest BCUT2D eigenvalue weighted by Crippen LogP contribution is -2.04. The van der Waals surface area contributed by atoms with Crippen LogP contribution in [0.4, 0.5) is 11.4 Å². The molecule has 0 fully saturated rings. The SMILES string of the molecule is CCc1ccc(NS(=O)c2ccc(N)cc2)cc1. The van der Waals surface area contributed by atoms with E-state index >= 15 is 0 Å². The van der Waals surface area contributed by atoms with Gasteiger partial charge in [-0.15, -0.1) is 0 Å². The van der Waals surface area contributed by atoms with E-state index in [0.717, 1.165) is 12.1 Å². The molecule has 3 N–H and O–H groups in total. The van der Waals surface area contributed by atoms with Crippen molar-refractivity contribution in [2.45, 2.75) is 18.2 Å². The molecule has 4 heteroatoms. The van der Waals surface area contributed by atoms with Crippen LogP contribution >= 0.6 is 0 Å². The fourth-order valence-corrected chi connectivity index (χ4v) is 2.42. The number of nitrogens with two attached hydrogens (primary N) is 1. The fraction of sp³-hybridized carbons (Fsp3) is 0.143. The van der Waals surface area contributed by atoms with Gasteiger partial charge in [-0.05, 0) is 48.4 Å². The third-order valence-electron chi connectivity index (χ3n) is 2.67. The number of benzene rings is 2. The van der Waals surface area contributed by atoms with Crippen molar-refractivity contribution in [2.75, 3.05) is 10.5 Å². The predicted octanol–water partition coefficient (Wildman–Crippen LogP) is 2.97. The molecule has 0 aliphatic rings. The maximum Gasteiger partial charge on any atom is 0.150 e. The van der Waals surface area contributed by atoms with Crippen molar-refractivity contribution in [3.63, 3.8) is 0 Å². The average molecular weight is 260 g/mol. The summed E-state index contributed by atoms with van der Waals surface area (Å²) in [5.41, 5.74) is 8.37. The molecule has 0 bridgehead atoms. The maximum atomic E-state index is 12.0. The second-order valence-electron chi connectivity index (χ2n) is 3.99. The summed E-state index contributed by atoms with van der Waals surface area (Å²) in [5, 5.41) is 0. The molecule has 2 aromatic carbocycles. The molecule has 0 saturated carbocycles. The summed E-state index contributed by atoms with van der Waals surface area (Å²) in [7, 11) is -1.26. The Balaban J connectivity index is 2.08. The zero-order chi connectivity index (χ0) is 13.0. The molecular weight excluding hydrogens is 244 g/mol. The Morgan fingerprint density at radius 3 is 2.22 bits per heavy atom. The Hall–Kier alpha value is -1.81. The van der Waals surface area contributed by atoms with Crippen molar-refractivity contribution in [3.05, 3.63) is 54.1 Å². The van der Waals surface area contributed by atoms with E-state index in [1.807, 2.05) is 24.3 Å². The summed E-state index contributed by atoms with van der Waals surface area (Å²) in [6.07, 6.45) is 1.00. The minimum atomic E-state index is -1.26. The predicted molar refractivity (Wildman–Crippen MR) is 76.7 cm³/mol. The number of hydrogen-bond donors (Lipinski definition) is 2. The first kappa shape index (κ1) is 12.6. The Bertz CT molecular complexity index is 535. The summed E-state index contributed by atoms with van der Waals surface area (Å²) in [4.78, 5) is 0.712. The van der Waals surface area contributed by atoms with Crippen LogP contribution in [0.15, 0.2) is 53.4 Å². The molecule has 0 heterocycles. The van der Waals surface area contributed by atoms with E-state index in [2.05, 4.69) is 11.6 Å². The molecule has 2 rings (SSSR count). The van der Waals surface area contributed by atoms with E-state index in [0.29, 0.717) is 10.6 Å². The van der Waals surface area contributed by atoms with Gasteiger partial charge in [0.1, 0.15) is 11.0 Å². The van der Waals surface area contributed by atoms with Crippen LogP contribution in [0.3, 0.4) is 0 Å². The van der Waals surface area contributed by atoms with Crippen molar-refractivity contribution in [2.24, 2.45) is 0 Å². The topological polar surface area (TPSA) is 55.1 Å². The zero-order valence-electron chi connectivity index (χ0n) is 10.2. The number of nitrogen functional groups attached to an aromatic ring is 1. The summed E-state index contributed by atoms with van der Waals surface area (Å²) < 4.78 is 15.0. The van der Waals surface area contributed by atoms with Gasteiger partial charge < -0.3 is 10.5 Å². The van der Waals surface area contributed by atoms with Gasteiger partial charge in [-0.2, -0.15) is 0 Å². The van der Waals surface area contributed by atoms with Gasteiger partial charge in [-0.1, -0.05) is 19.1 Å². The molecule has 0 saturated heterocycles. The smallest absolute Gasteiger partial charge is 0.150 e. The van der Waals surface area contributed by atoms with Gasteiger partial charge in [0.25, 0.3) is 0 Å². The fourth-order valence-electron chi connectivity index (χ4n) is 1.57. The summed E-state index contributed by atoms with van der Waals surface area (Å²) >= 11 is 0. The molecule has 2 aromatic rings. The Morgan fingerprint density at radius 2 is 1.67 bits per heavy atom. The molecule has 0 aliphatic heterocycles. The first-order valence-corrected chi connectivity index (χ1v) is 6.97. The molecule has 0 radical (unpaired) electrons. The van der Waals surface area contributed by atoms with Crippen molar-refractivity contribution in [1.29, 1.82) is 0 Å². The van der Waals surface area contributed by atoms with Gasteiger partial charge in [0.2, 0.25) is 0 Å². The van der Waals surface area contributed by atoms with E-state index in [-0.39, 0.29) is 0 Å². The average Bonchev–Trinajstić information content (AvgIpc) is 2.40. The second-order valence-corrected chi connectivity index (χ2v) is 5.20. The standard InChI is InChI=1S/C14H16N2OS/c1-2-11-3-7-13(8-4-11)16-18(17)14-9-5-12(15)6-10-14/h3-10,16H,2,15H2,1H3. The minimum Gasteiger partial charge on any atom is -0.399 e. The monoisotopic (exact) mass is 260 g/mol. The Labute approximate surface area is 110 Å². The number of anilines is 2. The highest BCUT2D eigenvalue weighted by Crippen LogP contribution is 2.15. The summed E-state index contributed by atoms with van der Waals surface area (Å²) in [6.45, 7) is 2.11. The number of rotatable bonds is 4. The first-order valence-electron chi connectivity index (χ1n) is 5.82. The largest absolute Gasteiger partial charge is 0.399 e. The van der Waals surface area contributed by atoms with Crippen LogP contribution in [0.1, 0.15) is 12.5 Å². The second kappa shape index (κ2) is 5.69. The molecule has 0 amide bonds. The molecule has 3 nitrogen and oxygen atoms in total. The molecule has 0 aromatic heterocycles. The van der Waals surface area contributed by atoms with E-state index in [4.69, 9.17) is 5.73 Å². The van der Waals surface area contributed by atoms with Crippen LogP contribution in [-0.4, -0.2) is 4.21 Å². The lowest BCUT2D eigenvalue weighted by molar-refractivity contribution is 0.686. The highest BCUT2D eigenvalue weighted by atomic mass is 32.2. The quantitative estimate of drug-likeness (QED) is 0.830. The molecule has 0 aliphatic carbocycles. The van der Waals surface area contributed by atoms with Gasteiger partial charge in [-0.25, -0.2) is 4.21 Å². The molecule has 0 spiro atoms. The third-order valence-corrected chi connectivity index (χ3v) is 3.79. The summed E-state index contributed by atoms with van der Waals surface area (Å²) in [5.74, 6) is 0. The van der Waals surface area contributed by atoms with Gasteiger partial charge in [0, 0.05) is 11.4 Å². The number of hydrogen-bond acceptors (Lipinski definition) is 2.